The van der Waals surface area contributed by atoms with Crippen molar-refractivity contribution in [3.63, 3.8) is 0 Å². The molecule has 76 valence electrons. The molecule has 5 nitrogen and oxygen atoms in total. The van der Waals surface area contributed by atoms with E-state index < -0.39 is 12.2 Å². The SMILES string of the molecule is OC1CN(c2ncncc2I)CC1O. The molecule has 1 aromatic heterocycles. The van der Waals surface area contributed by atoms with Gasteiger partial charge in [-0.25, -0.2) is 9.97 Å². The lowest BCUT2D eigenvalue weighted by atomic mass is 10.3. The van der Waals surface area contributed by atoms with Crippen molar-refractivity contribution in [1.82, 2.24) is 9.97 Å². The van der Waals surface area contributed by atoms with E-state index in [9.17, 15) is 10.2 Å². The molecule has 0 spiro atoms. The van der Waals surface area contributed by atoms with Crippen LogP contribution in [0.1, 0.15) is 0 Å². The summed E-state index contributed by atoms with van der Waals surface area (Å²) in [5.41, 5.74) is 0. The maximum atomic E-state index is 9.38. The average Bonchev–Trinajstić information content (AvgIpc) is 2.48. The van der Waals surface area contributed by atoms with Gasteiger partial charge < -0.3 is 15.1 Å². The first-order valence-electron chi connectivity index (χ1n) is 4.25. The van der Waals surface area contributed by atoms with Crippen LogP contribution in [0.15, 0.2) is 12.5 Å². The minimum atomic E-state index is -0.680. The number of aromatic nitrogens is 2. The van der Waals surface area contributed by atoms with Gasteiger partial charge in [0, 0.05) is 19.3 Å². The Balaban J connectivity index is 2.21. The average molecular weight is 307 g/mol. The van der Waals surface area contributed by atoms with Crippen molar-refractivity contribution in [2.75, 3.05) is 18.0 Å². The number of hydrogen-bond acceptors (Lipinski definition) is 5. The van der Waals surface area contributed by atoms with Crippen molar-refractivity contribution in [3.8, 4) is 0 Å². The lowest BCUT2D eigenvalue weighted by molar-refractivity contribution is 0.0572. The molecule has 2 N–H and O–H groups in total. The fraction of sp³-hybridized carbons (Fsp3) is 0.500. The van der Waals surface area contributed by atoms with Gasteiger partial charge in [0.1, 0.15) is 12.1 Å². The van der Waals surface area contributed by atoms with E-state index in [1.807, 2.05) is 4.90 Å². The highest BCUT2D eigenvalue weighted by atomic mass is 127. The van der Waals surface area contributed by atoms with E-state index in [4.69, 9.17) is 0 Å². The molecule has 0 aromatic carbocycles. The normalized spacial score (nSPS) is 26.9. The highest BCUT2D eigenvalue weighted by Crippen LogP contribution is 2.22. The molecule has 1 aliphatic heterocycles. The summed E-state index contributed by atoms with van der Waals surface area (Å²) in [6, 6.07) is 0. The number of rotatable bonds is 1. The fourth-order valence-electron chi connectivity index (χ4n) is 1.48. The summed E-state index contributed by atoms with van der Waals surface area (Å²) in [6.45, 7) is 0.850. The standard InChI is InChI=1S/C8H10IN3O2/c9-5-1-10-4-11-8(5)12-2-6(13)7(14)3-12/h1,4,6-7,13-14H,2-3H2. The predicted octanol–water partition coefficient (Wildman–Crippen LogP) is -0.377. The highest BCUT2D eigenvalue weighted by molar-refractivity contribution is 14.1. The number of anilines is 1. The second-order valence-electron chi connectivity index (χ2n) is 3.23. The minimum absolute atomic E-state index is 0.425. The van der Waals surface area contributed by atoms with E-state index in [-0.39, 0.29) is 0 Å². The second kappa shape index (κ2) is 3.95. The van der Waals surface area contributed by atoms with Crippen LogP contribution in [0.25, 0.3) is 0 Å². The molecule has 1 fully saturated rings. The van der Waals surface area contributed by atoms with Gasteiger partial charge in [0.15, 0.2) is 0 Å². The van der Waals surface area contributed by atoms with Crippen LogP contribution in [0, 0.1) is 3.57 Å². The molecule has 2 rings (SSSR count). The second-order valence-corrected chi connectivity index (χ2v) is 4.40. The van der Waals surface area contributed by atoms with Gasteiger partial charge in [-0.15, -0.1) is 0 Å². The van der Waals surface area contributed by atoms with Crippen molar-refractivity contribution >= 4 is 28.4 Å². The number of nitrogens with zero attached hydrogens (tertiary/aromatic N) is 3. The molecule has 0 saturated carbocycles. The van der Waals surface area contributed by atoms with E-state index in [0.29, 0.717) is 13.1 Å². The monoisotopic (exact) mass is 307 g/mol. The third-order valence-corrected chi connectivity index (χ3v) is 2.97. The van der Waals surface area contributed by atoms with Gasteiger partial charge >= 0.3 is 0 Å². The van der Waals surface area contributed by atoms with Gasteiger partial charge in [-0.1, -0.05) is 0 Å². The van der Waals surface area contributed by atoms with Crippen LogP contribution >= 0.6 is 22.6 Å². The summed E-state index contributed by atoms with van der Waals surface area (Å²) < 4.78 is 0.923. The minimum Gasteiger partial charge on any atom is -0.389 e. The van der Waals surface area contributed by atoms with Crippen LogP contribution in [0.2, 0.25) is 0 Å². The maximum Gasteiger partial charge on any atom is 0.145 e. The number of hydrogen-bond donors (Lipinski definition) is 2. The van der Waals surface area contributed by atoms with Crippen LogP contribution < -0.4 is 4.90 Å². The molecular formula is C8H10IN3O2. The summed E-state index contributed by atoms with van der Waals surface area (Å²) in [5.74, 6) is 0.774. The Hall–Kier alpha value is -0.470. The van der Waals surface area contributed by atoms with E-state index in [2.05, 4.69) is 32.6 Å². The van der Waals surface area contributed by atoms with Crippen LogP contribution in [0.5, 0.6) is 0 Å². The molecule has 1 aliphatic rings. The summed E-state index contributed by atoms with van der Waals surface area (Å²) in [6.07, 6.45) is 1.82. The van der Waals surface area contributed by atoms with Crippen LogP contribution in [0.3, 0.4) is 0 Å². The Morgan fingerprint density at radius 3 is 2.57 bits per heavy atom. The van der Waals surface area contributed by atoms with Gasteiger partial charge in [-0.2, -0.15) is 0 Å². The molecule has 1 aromatic rings. The van der Waals surface area contributed by atoms with Gasteiger partial charge in [0.25, 0.3) is 0 Å². The first-order valence-corrected chi connectivity index (χ1v) is 5.33. The fourth-order valence-corrected chi connectivity index (χ4v) is 2.12. The van der Waals surface area contributed by atoms with Gasteiger partial charge in [0.05, 0.1) is 15.8 Å². The summed E-state index contributed by atoms with van der Waals surface area (Å²) in [4.78, 5) is 9.86. The largest absolute Gasteiger partial charge is 0.389 e. The predicted molar refractivity (Wildman–Crippen MR) is 59.0 cm³/mol. The van der Waals surface area contributed by atoms with Crippen LogP contribution in [-0.2, 0) is 0 Å². The zero-order valence-electron chi connectivity index (χ0n) is 7.34. The lowest BCUT2D eigenvalue weighted by Crippen LogP contribution is -2.23. The Kier molecular flexibility index (Phi) is 2.84. The molecule has 0 amide bonds. The molecule has 2 atom stereocenters. The smallest absolute Gasteiger partial charge is 0.145 e. The quantitative estimate of drug-likeness (QED) is 0.693. The molecule has 0 radical (unpaired) electrons. The Morgan fingerprint density at radius 2 is 2.00 bits per heavy atom. The number of aliphatic hydroxyl groups excluding tert-OH is 2. The summed E-state index contributed by atoms with van der Waals surface area (Å²) >= 11 is 2.13. The van der Waals surface area contributed by atoms with Crippen molar-refractivity contribution in [3.05, 3.63) is 16.1 Å². The Morgan fingerprint density at radius 1 is 1.36 bits per heavy atom. The van der Waals surface area contributed by atoms with Crippen LogP contribution in [0.4, 0.5) is 5.82 Å². The zero-order valence-corrected chi connectivity index (χ0v) is 9.50. The number of β-amino-alcohol motifs (C(OH)–C–C–N with tert-alkyl or cyclic N) is 2. The van der Waals surface area contributed by atoms with Gasteiger partial charge in [-0.05, 0) is 22.6 Å². The van der Waals surface area contributed by atoms with Crippen molar-refractivity contribution in [2.24, 2.45) is 0 Å². The first kappa shape index (κ1) is 10.1. The lowest BCUT2D eigenvalue weighted by Gasteiger charge is -2.16. The number of halogens is 1. The topological polar surface area (TPSA) is 69.5 Å². The Bertz CT molecular complexity index is 326. The maximum absolute atomic E-state index is 9.38. The molecule has 1 saturated heterocycles. The van der Waals surface area contributed by atoms with E-state index in [1.54, 1.807) is 6.20 Å². The molecule has 6 heteroatoms. The molecule has 0 bridgehead atoms. The van der Waals surface area contributed by atoms with E-state index >= 15 is 0 Å². The molecule has 2 unspecified atom stereocenters. The van der Waals surface area contributed by atoms with Gasteiger partial charge in [0.2, 0.25) is 0 Å². The third kappa shape index (κ3) is 1.82. The van der Waals surface area contributed by atoms with Crippen LogP contribution in [-0.4, -0.2) is 45.5 Å². The van der Waals surface area contributed by atoms with Crippen molar-refractivity contribution in [1.29, 1.82) is 0 Å². The van der Waals surface area contributed by atoms with Crippen molar-refractivity contribution < 1.29 is 10.2 Å². The highest BCUT2D eigenvalue weighted by Gasteiger charge is 2.31. The molecule has 2 heterocycles. The number of aliphatic hydroxyl groups is 2. The zero-order chi connectivity index (χ0) is 10.1. The van der Waals surface area contributed by atoms with E-state index in [0.717, 1.165) is 9.39 Å². The van der Waals surface area contributed by atoms with E-state index in [1.165, 1.54) is 6.33 Å². The first-order chi connectivity index (χ1) is 6.68. The third-order valence-electron chi connectivity index (χ3n) is 2.21. The van der Waals surface area contributed by atoms with Gasteiger partial charge in [-0.3, -0.25) is 0 Å². The Labute approximate surface area is 94.9 Å². The summed E-state index contributed by atoms with van der Waals surface area (Å²) in [5, 5.41) is 18.8. The molecular weight excluding hydrogens is 297 g/mol. The summed E-state index contributed by atoms with van der Waals surface area (Å²) in [7, 11) is 0. The van der Waals surface area contributed by atoms with Crippen molar-refractivity contribution in [2.45, 2.75) is 12.2 Å². The molecule has 14 heavy (non-hydrogen) atoms. The molecule has 0 aliphatic carbocycles.